The lowest BCUT2D eigenvalue weighted by molar-refractivity contribution is -0.383. The van der Waals surface area contributed by atoms with Crippen LogP contribution in [0.4, 0.5) is 29.0 Å². The molecule has 8 nitrogen and oxygen atoms in total. The first-order chi connectivity index (χ1) is 11.3. The molecule has 0 unspecified atom stereocenters. The summed E-state index contributed by atoms with van der Waals surface area (Å²) >= 11 is 0. The molecule has 1 aromatic heterocycles. The topological polar surface area (TPSA) is 119 Å². The number of aromatic nitrogens is 2. The third-order valence-electron chi connectivity index (χ3n) is 3.85. The maximum Gasteiger partial charge on any atom is 0.353 e. The van der Waals surface area contributed by atoms with Crippen LogP contribution in [0.5, 0.6) is 0 Å². The van der Waals surface area contributed by atoms with Gasteiger partial charge in [-0.15, -0.1) is 0 Å². The van der Waals surface area contributed by atoms with Gasteiger partial charge in [-0.25, -0.2) is 0 Å². The summed E-state index contributed by atoms with van der Waals surface area (Å²) in [6, 6.07) is 5.80. The number of rotatable bonds is 6. The van der Waals surface area contributed by atoms with E-state index in [4.69, 9.17) is 5.73 Å². The van der Waals surface area contributed by atoms with E-state index in [1.165, 1.54) is 0 Å². The van der Waals surface area contributed by atoms with Crippen molar-refractivity contribution in [3.63, 3.8) is 0 Å². The Hall–Kier alpha value is -2.90. The highest BCUT2D eigenvalue weighted by atomic mass is 16.6. The molecule has 0 radical (unpaired) electrons. The number of nitrogens with one attached hydrogen (secondary N) is 2. The van der Waals surface area contributed by atoms with Crippen molar-refractivity contribution in [1.29, 1.82) is 0 Å². The van der Waals surface area contributed by atoms with Gasteiger partial charge in [0.05, 0.1) is 4.92 Å². The Morgan fingerprint density at radius 2 is 2.00 bits per heavy atom. The molecule has 1 heterocycles. The van der Waals surface area contributed by atoms with Crippen molar-refractivity contribution in [1.82, 2.24) is 9.97 Å². The predicted molar refractivity (Wildman–Crippen MR) is 95.7 cm³/mol. The first-order valence-electron chi connectivity index (χ1n) is 7.74. The van der Waals surface area contributed by atoms with Gasteiger partial charge in [0.25, 0.3) is 0 Å². The average molecular weight is 330 g/mol. The second kappa shape index (κ2) is 7.12. The SMILES string of the molecule is CC[C@H](C)Nc1nc(N)c([N+](=O)[O-])c(Nc2ccc(C)c(C)c2)n1. The summed E-state index contributed by atoms with van der Waals surface area (Å²) in [6.07, 6.45) is 0.861. The summed E-state index contributed by atoms with van der Waals surface area (Å²) in [6.45, 7) is 7.95. The summed E-state index contributed by atoms with van der Waals surface area (Å²) in [5, 5.41) is 17.4. The molecule has 128 valence electrons. The molecule has 0 saturated heterocycles. The molecule has 1 atom stereocenters. The largest absolute Gasteiger partial charge is 0.378 e. The van der Waals surface area contributed by atoms with E-state index < -0.39 is 4.92 Å². The van der Waals surface area contributed by atoms with E-state index in [0.717, 1.165) is 17.5 Å². The van der Waals surface area contributed by atoms with Gasteiger partial charge in [-0.1, -0.05) is 13.0 Å². The molecule has 4 N–H and O–H groups in total. The van der Waals surface area contributed by atoms with Crippen molar-refractivity contribution in [2.24, 2.45) is 0 Å². The third kappa shape index (κ3) is 3.89. The molecule has 0 bridgehead atoms. The Balaban J connectivity index is 2.44. The third-order valence-corrected chi connectivity index (χ3v) is 3.85. The Bertz CT molecular complexity index is 762. The molecule has 24 heavy (non-hydrogen) atoms. The smallest absolute Gasteiger partial charge is 0.353 e. The van der Waals surface area contributed by atoms with Crippen LogP contribution >= 0.6 is 0 Å². The van der Waals surface area contributed by atoms with Crippen LogP contribution in [-0.2, 0) is 0 Å². The molecule has 0 aliphatic carbocycles. The van der Waals surface area contributed by atoms with Gasteiger partial charge in [0, 0.05) is 11.7 Å². The number of benzene rings is 1. The van der Waals surface area contributed by atoms with Crippen molar-refractivity contribution >= 4 is 29.0 Å². The van der Waals surface area contributed by atoms with Gasteiger partial charge in [0.15, 0.2) is 0 Å². The van der Waals surface area contributed by atoms with Crippen LogP contribution in [0.1, 0.15) is 31.4 Å². The van der Waals surface area contributed by atoms with Crippen LogP contribution in [0.15, 0.2) is 18.2 Å². The molecule has 1 aromatic carbocycles. The summed E-state index contributed by atoms with van der Waals surface area (Å²) in [5.41, 5.74) is 8.35. The van der Waals surface area contributed by atoms with Crippen LogP contribution < -0.4 is 16.4 Å². The molecule has 2 rings (SSSR count). The minimum atomic E-state index is -0.578. The predicted octanol–water partition coefficient (Wildman–Crippen LogP) is 3.54. The summed E-state index contributed by atoms with van der Waals surface area (Å²) < 4.78 is 0. The molecular formula is C16H22N6O2. The fourth-order valence-corrected chi connectivity index (χ4v) is 2.08. The molecule has 2 aromatic rings. The van der Waals surface area contributed by atoms with E-state index in [1.807, 2.05) is 45.9 Å². The molecule has 0 spiro atoms. The van der Waals surface area contributed by atoms with E-state index in [0.29, 0.717) is 5.69 Å². The van der Waals surface area contributed by atoms with Gasteiger partial charge in [-0.3, -0.25) is 10.1 Å². The highest BCUT2D eigenvalue weighted by molar-refractivity contribution is 5.74. The number of nitrogens with zero attached hydrogens (tertiary/aromatic N) is 3. The molecular weight excluding hydrogens is 308 g/mol. The van der Waals surface area contributed by atoms with Gasteiger partial charge in [0.1, 0.15) is 0 Å². The normalized spacial score (nSPS) is 11.8. The number of hydrogen-bond donors (Lipinski definition) is 3. The number of nitro groups is 1. The van der Waals surface area contributed by atoms with Crippen molar-refractivity contribution in [2.45, 2.75) is 40.2 Å². The Morgan fingerprint density at radius 1 is 1.29 bits per heavy atom. The molecule has 0 aliphatic heterocycles. The fourth-order valence-electron chi connectivity index (χ4n) is 2.08. The molecule has 0 saturated carbocycles. The lowest BCUT2D eigenvalue weighted by atomic mass is 10.1. The Morgan fingerprint density at radius 3 is 2.58 bits per heavy atom. The van der Waals surface area contributed by atoms with E-state index in [-0.39, 0.29) is 29.3 Å². The van der Waals surface area contributed by atoms with Crippen LogP contribution in [0.25, 0.3) is 0 Å². The maximum atomic E-state index is 11.3. The summed E-state index contributed by atoms with van der Waals surface area (Å²) in [7, 11) is 0. The highest BCUT2D eigenvalue weighted by Gasteiger charge is 2.23. The van der Waals surface area contributed by atoms with Gasteiger partial charge in [-0.2, -0.15) is 9.97 Å². The summed E-state index contributed by atoms with van der Waals surface area (Å²) in [5.74, 6) is 0.160. The van der Waals surface area contributed by atoms with Crippen LogP contribution in [0.3, 0.4) is 0 Å². The van der Waals surface area contributed by atoms with E-state index in [9.17, 15) is 10.1 Å². The second-order valence-corrected chi connectivity index (χ2v) is 5.76. The molecule has 0 amide bonds. The zero-order chi connectivity index (χ0) is 17.9. The number of aryl methyl sites for hydroxylation is 2. The molecule has 0 aliphatic rings. The van der Waals surface area contributed by atoms with Crippen molar-refractivity contribution < 1.29 is 4.92 Å². The first kappa shape index (κ1) is 17.5. The van der Waals surface area contributed by atoms with Crippen molar-refractivity contribution in [2.75, 3.05) is 16.4 Å². The van der Waals surface area contributed by atoms with Crippen molar-refractivity contribution in [3.8, 4) is 0 Å². The fraction of sp³-hybridized carbons (Fsp3) is 0.375. The lowest BCUT2D eigenvalue weighted by Gasteiger charge is -2.14. The number of anilines is 4. The molecule has 0 fully saturated rings. The van der Waals surface area contributed by atoms with E-state index >= 15 is 0 Å². The zero-order valence-corrected chi connectivity index (χ0v) is 14.3. The summed E-state index contributed by atoms with van der Waals surface area (Å²) in [4.78, 5) is 19.0. The second-order valence-electron chi connectivity index (χ2n) is 5.76. The zero-order valence-electron chi connectivity index (χ0n) is 14.3. The Labute approximate surface area is 140 Å². The first-order valence-corrected chi connectivity index (χ1v) is 7.74. The lowest BCUT2D eigenvalue weighted by Crippen LogP contribution is -2.17. The highest BCUT2D eigenvalue weighted by Crippen LogP contribution is 2.32. The minimum Gasteiger partial charge on any atom is -0.378 e. The van der Waals surface area contributed by atoms with Crippen molar-refractivity contribution in [3.05, 3.63) is 39.4 Å². The van der Waals surface area contributed by atoms with E-state index in [2.05, 4.69) is 20.6 Å². The molecule has 8 heteroatoms. The van der Waals surface area contributed by atoms with Crippen LogP contribution in [-0.4, -0.2) is 20.9 Å². The minimum absolute atomic E-state index is 0.0709. The van der Waals surface area contributed by atoms with Gasteiger partial charge < -0.3 is 16.4 Å². The van der Waals surface area contributed by atoms with Crippen LogP contribution in [0, 0.1) is 24.0 Å². The van der Waals surface area contributed by atoms with E-state index in [1.54, 1.807) is 0 Å². The average Bonchev–Trinajstić information content (AvgIpc) is 2.50. The Kier molecular flexibility index (Phi) is 5.18. The standard InChI is InChI=1S/C16H22N6O2/c1-5-11(4)18-16-20-14(17)13(22(23)24)15(21-16)19-12-7-6-9(2)10(3)8-12/h6-8,11H,5H2,1-4H3,(H4,17,18,19,20,21)/t11-/m0/s1. The number of hydrogen-bond acceptors (Lipinski definition) is 7. The monoisotopic (exact) mass is 330 g/mol. The van der Waals surface area contributed by atoms with Gasteiger partial charge >= 0.3 is 5.69 Å². The number of nitrogens with two attached hydrogens (primary N) is 1. The van der Waals surface area contributed by atoms with Gasteiger partial charge in [-0.05, 0) is 50.5 Å². The maximum absolute atomic E-state index is 11.3. The van der Waals surface area contributed by atoms with Crippen LogP contribution in [0.2, 0.25) is 0 Å². The van der Waals surface area contributed by atoms with Gasteiger partial charge in [0.2, 0.25) is 17.6 Å². The number of nitrogen functional groups attached to an aromatic ring is 1. The quantitative estimate of drug-likeness (QED) is 0.547.